The summed E-state index contributed by atoms with van der Waals surface area (Å²) in [6.07, 6.45) is 3.74. The van der Waals surface area contributed by atoms with Crippen molar-refractivity contribution in [1.82, 2.24) is 20.0 Å². The van der Waals surface area contributed by atoms with Crippen LogP contribution in [-0.2, 0) is 29.1 Å². The zero-order valence-corrected chi connectivity index (χ0v) is 18.4. The van der Waals surface area contributed by atoms with Crippen LogP contribution in [0, 0.1) is 5.92 Å². The SMILES string of the molecule is O=C(CCl)NCC(Cc1ccccc1)C1CCCCN1C(=O)c1cc2n(n1)CCOC2. The molecule has 1 fully saturated rings. The van der Waals surface area contributed by atoms with Crippen molar-refractivity contribution in [2.24, 2.45) is 5.92 Å². The molecule has 2 amide bonds. The van der Waals surface area contributed by atoms with E-state index in [4.69, 9.17) is 16.3 Å². The van der Waals surface area contributed by atoms with Crippen molar-refractivity contribution in [3.63, 3.8) is 0 Å². The molecule has 166 valence electrons. The van der Waals surface area contributed by atoms with E-state index in [1.807, 2.05) is 33.8 Å². The van der Waals surface area contributed by atoms with E-state index in [1.54, 1.807) is 0 Å². The summed E-state index contributed by atoms with van der Waals surface area (Å²) in [5, 5.41) is 7.49. The molecule has 2 aliphatic heterocycles. The van der Waals surface area contributed by atoms with Gasteiger partial charge in [-0.05, 0) is 37.3 Å². The van der Waals surface area contributed by atoms with Gasteiger partial charge in [0, 0.05) is 25.0 Å². The molecule has 0 spiro atoms. The van der Waals surface area contributed by atoms with E-state index in [0.717, 1.165) is 31.4 Å². The Balaban J connectivity index is 1.55. The predicted octanol–water partition coefficient (Wildman–Crippen LogP) is 2.62. The Hall–Kier alpha value is -2.38. The minimum atomic E-state index is -0.185. The van der Waals surface area contributed by atoms with Gasteiger partial charge in [-0.3, -0.25) is 14.3 Å². The molecule has 2 aromatic rings. The number of carbonyl (C=O) groups excluding carboxylic acids is 2. The van der Waals surface area contributed by atoms with Gasteiger partial charge in [0.2, 0.25) is 5.91 Å². The zero-order valence-electron chi connectivity index (χ0n) is 17.6. The molecule has 2 unspecified atom stereocenters. The summed E-state index contributed by atoms with van der Waals surface area (Å²) in [6, 6.07) is 12.1. The summed E-state index contributed by atoms with van der Waals surface area (Å²) in [7, 11) is 0. The summed E-state index contributed by atoms with van der Waals surface area (Å²) in [4.78, 5) is 27.3. The number of alkyl halides is 1. The summed E-state index contributed by atoms with van der Waals surface area (Å²) in [5.41, 5.74) is 2.62. The molecular formula is C23H29ClN4O3. The summed E-state index contributed by atoms with van der Waals surface area (Å²) < 4.78 is 7.36. The Morgan fingerprint density at radius 1 is 1.23 bits per heavy atom. The van der Waals surface area contributed by atoms with Crippen LogP contribution in [-0.4, -0.2) is 58.1 Å². The number of ether oxygens (including phenoxy) is 1. The van der Waals surface area contributed by atoms with Gasteiger partial charge in [-0.15, -0.1) is 11.6 Å². The van der Waals surface area contributed by atoms with Gasteiger partial charge in [0.15, 0.2) is 5.69 Å². The van der Waals surface area contributed by atoms with Crippen LogP contribution in [0.2, 0.25) is 0 Å². The molecule has 0 radical (unpaired) electrons. The van der Waals surface area contributed by atoms with Crippen molar-refractivity contribution in [2.45, 2.75) is 44.9 Å². The number of nitrogens with one attached hydrogen (secondary N) is 1. The number of rotatable bonds is 7. The van der Waals surface area contributed by atoms with E-state index in [-0.39, 0.29) is 29.7 Å². The van der Waals surface area contributed by atoms with Gasteiger partial charge in [0.1, 0.15) is 5.88 Å². The second-order valence-corrected chi connectivity index (χ2v) is 8.51. The molecular weight excluding hydrogens is 416 g/mol. The highest BCUT2D eigenvalue weighted by molar-refractivity contribution is 6.27. The van der Waals surface area contributed by atoms with E-state index in [1.165, 1.54) is 5.56 Å². The Bertz CT molecular complexity index is 878. The molecule has 0 bridgehead atoms. The van der Waals surface area contributed by atoms with Crippen LogP contribution in [0.15, 0.2) is 36.4 Å². The van der Waals surface area contributed by atoms with Gasteiger partial charge in [-0.2, -0.15) is 5.10 Å². The minimum absolute atomic E-state index is 0.0340. The molecule has 4 rings (SSSR count). The monoisotopic (exact) mass is 444 g/mol. The first-order chi connectivity index (χ1) is 15.2. The summed E-state index contributed by atoms with van der Waals surface area (Å²) >= 11 is 5.69. The smallest absolute Gasteiger partial charge is 0.274 e. The van der Waals surface area contributed by atoms with E-state index in [2.05, 4.69) is 22.5 Å². The van der Waals surface area contributed by atoms with Gasteiger partial charge in [0.25, 0.3) is 5.91 Å². The van der Waals surface area contributed by atoms with E-state index < -0.39 is 0 Å². The molecule has 1 aromatic carbocycles. The third kappa shape index (κ3) is 5.28. The van der Waals surface area contributed by atoms with Crippen molar-refractivity contribution in [3.05, 3.63) is 53.3 Å². The van der Waals surface area contributed by atoms with Crippen LogP contribution in [0.5, 0.6) is 0 Å². The number of halogens is 1. The maximum atomic E-state index is 13.5. The normalized spacial score (nSPS) is 19.5. The number of benzene rings is 1. The quantitative estimate of drug-likeness (QED) is 0.666. The van der Waals surface area contributed by atoms with Gasteiger partial charge in [-0.1, -0.05) is 30.3 Å². The Morgan fingerprint density at radius 2 is 2.06 bits per heavy atom. The van der Waals surface area contributed by atoms with E-state index >= 15 is 0 Å². The molecule has 2 atom stereocenters. The molecule has 1 saturated heterocycles. The summed E-state index contributed by atoms with van der Waals surface area (Å²) in [5.74, 6) is -0.184. The molecule has 0 saturated carbocycles. The highest BCUT2D eigenvalue weighted by Crippen LogP contribution is 2.28. The van der Waals surface area contributed by atoms with Crippen LogP contribution in [0.3, 0.4) is 0 Å². The molecule has 31 heavy (non-hydrogen) atoms. The first-order valence-electron chi connectivity index (χ1n) is 11.0. The molecule has 3 heterocycles. The zero-order chi connectivity index (χ0) is 21.6. The van der Waals surface area contributed by atoms with Crippen molar-refractivity contribution in [3.8, 4) is 0 Å². The van der Waals surface area contributed by atoms with Crippen LogP contribution in [0.25, 0.3) is 0 Å². The fourth-order valence-electron chi connectivity index (χ4n) is 4.60. The van der Waals surface area contributed by atoms with Crippen LogP contribution < -0.4 is 5.32 Å². The van der Waals surface area contributed by atoms with Crippen molar-refractivity contribution in [1.29, 1.82) is 0 Å². The fourth-order valence-corrected chi connectivity index (χ4v) is 4.69. The van der Waals surface area contributed by atoms with Gasteiger partial charge in [0.05, 0.1) is 25.5 Å². The van der Waals surface area contributed by atoms with Crippen LogP contribution in [0.1, 0.15) is 41.0 Å². The number of aromatic nitrogens is 2. The molecule has 1 N–H and O–H groups in total. The first kappa shape index (κ1) is 21.8. The Kier molecular flexibility index (Phi) is 7.25. The average Bonchev–Trinajstić information content (AvgIpc) is 3.26. The van der Waals surface area contributed by atoms with Crippen LogP contribution >= 0.6 is 11.6 Å². The molecule has 7 nitrogen and oxygen atoms in total. The third-order valence-electron chi connectivity index (χ3n) is 6.16. The Labute approximate surface area is 187 Å². The van der Waals surface area contributed by atoms with Crippen molar-refractivity contribution < 1.29 is 14.3 Å². The van der Waals surface area contributed by atoms with E-state index in [0.29, 0.717) is 38.5 Å². The largest absolute Gasteiger partial charge is 0.373 e. The molecule has 8 heteroatoms. The predicted molar refractivity (Wildman–Crippen MR) is 118 cm³/mol. The number of fused-ring (bicyclic) bond motifs is 1. The molecule has 2 aliphatic rings. The second-order valence-electron chi connectivity index (χ2n) is 8.25. The number of likely N-dealkylation sites (tertiary alicyclic amines) is 1. The summed E-state index contributed by atoms with van der Waals surface area (Å²) in [6.45, 7) is 2.98. The Morgan fingerprint density at radius 3 is 2.84 bits per heavy atom. The van der Waals surface area contributed by atoms with Crippen LogP contribution in [0.4, 0.5) is 0 Å². The number of carbonyl (C=O) groups is 2. The lowest BCUT2D eigenvalue weighted by molar-refractivity contribution is -0.118. The highest BCUT2D eigenvalue weighted by Gasteiger charge is 2.35. The lowest BCUT2D eigenvalue weighted by atomic mass is 9.85. The minimum Gasteiger partial charge on any atom is -0.373 e. The maximum absolute atomic E-state index is 13.5. The molecule has 0 aliphatic carbocycles. The third-order valence-corrected chi connectivity index (χ3v) is 6.40. The van der Waals surface area contributed by atoms with Crippen molar-refractivity contribution in [2.75, 3.05) is 25.6 Å². The average molecular weight is 445 g/mol. The fraction of sp³-hybridized carbons (Fsp3) is 0.522. The van der Waals surface area contributed by atoms with Gasteiger partial charge >= 0.3 is 0 Å². The van der Waals surface area contributed by atoms with Gasteiger partial charge in [-0.25, -0.2) is 0 Å². The number of hydrogen-bond donors (Lipinski definition) is 1. The lowest BCUT2D eigenvalue weighted by Crippen LogP contribution is -2.51. The lowest BCUT2D eigenvalue weighted by Gasteiger charge is -2.40. The maximum Gasteiger partial charge on any atom is 0.274 e. The number of hydrogen-bond acceptors (Lipinski definition) is 4. The first-order valence-corrected chi connectivity index (χ1v) is 11.5. The van der Waals surface area contributed by atoms with E-state index in [9.17, 15) is 9.59 Å². The highest BCUT2D eigenvalue weighted by atomic mass is 35.5. The topological polar surface area (TPSA) is 76.5 Å². The second kappa shape index (κ2) is 10.3. The molecule has 1 aromatic heterocycles. The number of piperidine rings is 1. The number of nitrogens with zero attached hydrogens (tertiary/aromatic N) is 3. The van der Waals surface area contributed by atoms with Gasteiger partial charge < -0.3 is 15.0 Å². The standard InChI is InChI=1S/C23H29ClN4O3/c24-14-22(29)25-15-18(12-17-6-2-1-3-7-17)21-8-4-5-9-27(21)23(30)20-13-19-16-31-11-10-28(19)26-20/h1-3,6-7,13,18,21H,4-5,8-12,14-16H2,(H,25,29). The van der Waals surface area contributed by atoms with Crippen molar-refractivity contribution >= 4 is 23.4 Å². The number of amides is 2.